The molecule has 1 amide bonds. The third-order valence-electron chi connectivity index (χ3n) is 4.84. The Morgan fingerprint density at radius 2 is 1.87 bits per heavy atom. The maximum atomic E-state index is 15.4. The van der Waals surface area contributed by atoms with E-state index in [0.29, 0.717) is 0 Å². The van der Waals surface area contributed by atoms with E-state index in [-0.39, 0.29) is 41.3 Å². The number of anilines is 1. The van der Waals surface area contributed by atoms with Crippen molar-refractivity contribution in [3.63, 3.8) is 0 Å². The smallest absolute Gasteiger partial charge is 0.318 e. The molecule has 10 heteroatoms. The Labute approximate surface area is 176 Å². The van der Waals surface area contributed by atoms with Gasteiger partial charge in [-0.3, -0.25) is 9.59 Å². The fourth-order valence-corrected chi connectivity index (χ4v) is 4.27. The minimum Gasteiger partial charge on any atom is -0.465 e. The van der Waals surface area contributed by atoms with Gasteiger partial charge in [-0.15, -0.1) is 0 Å². The monoisotopic (exact) mass is 457 g/mol. The number of benzene rings is 2. The van der Waals surface area contributed by atoms with Crippen LogP contribution in [0.1, 0.15) is 19.4 Å². The largest absolute Gasteiger partial charge is 0.465 e. The molecule has 0 bridgehead atoms. The van der Waals surface area contributed by atoms with Gasteiger partial charge in [0, 0.05) is 17.2 Å². The zero-order valence-electron chi connectivity index (χ0n) is 16.1. The van der Waals surface area contributed by atoms with Crippen LogP contribution in [-0.4, -0.2) is 33.4 Å². The summed E-state index contributed by atoms with van der Waals surface area (Å²) in [7, 11) is 1.28. The molecule has 2 aromatic carbocycles. The lowest BCUT2D eigenvalue weighted by Gasteiger charge is -2.33. The third-order valence-corrected chi connectivity index (χ3v) is 6.21. The van der Waals surface area contributed by atoms with Gasteiger partial charge in [0.05, 0.1) is 22.8 Å². The lowest BCUT2D eigenvalue weighted by atomic mass is 9.89. The molecule has 0 spiro atoms. The van der Waals surface area contributed by atoms with Crippen molar-refractivity contribution in [1.29, 1.82) is 0 Å². The van der Waals surface area contributed by atoms with Crippen molar-refractivity contribution < 1.29 is 31.5 Å². The van der Waals surface area contributed by atoms with E-state index in [0.717, 1.165) is 23.1 Å². The first-order valence-corrected chi connectivity index (χ1v) is 11.4. The fraction of sp³-hybridized carbons (Fsp3) is 0.300. The molecule has 3 rings (SSSR count). The molecule has 0 fully saturated rings. The Morgan fingerprint density at radius 3 is 2.40 bits per heavy atom. The standard InChI is InChI=1S/C20H18ClF2NO5S/c1-3-24-18-12(9-14(19(24)25)20(26)29-4-2)10-15(22)16(17(18)23)11-5-7-13(8-6-11)30(21,27)28/h5-8,10,14H,3-4,9H2,1-2H3. The van der Waals surface area contributed by atoms with Crippen molar-refractivity contribution in [2.45, 2.75) is 25.2 Å². The highest BCUT2D eigenvalue weighted by Gasteiger charge is 2.40. The van der Waals surface area contributed by atoms with E-state index in [1.165, 1.54) is 12.1 Å². The van der Waals surface area contributed by atoms with Crippen molar-refractivity contribution >= 4 is 37.3 Å². The van der Waals surface area contributed by atoms with E-state index in [9.17, 15) is 22.4 Å². The second-order valence-electron chi connectivity index (χ2n) is 6.61. The Bertz CT molecular complexity index is 1120. The maximum Gasteiger partial charge on any atom is 0.318 e. The minimum absolute atomic E-state index is 0.0627. The molecule has 0 saturated heterocycles. The molecule has 1 aliphatic heterocycles. The average Bonchev–Trinajstić information content (AvgIpc) is 2.68. The van der Waals surface area contributed by atoms with E-state index in [1.807, 2.05) is 0 Å². The summed E-state index contributed by atoms with van der Waals surface area (Å²) in [6, 6.07) is 5.81. The first kappa shape index (κ1) is 22.2. The summed E-state index contributed by atoms with van der Waals surface area (Å²) >= 11 is 0. The van der Waals surface area contributed by atoms with E-state index in [1.54, 1.807) is 13.8 Å². The first-order valence-electron chi connectivity index (χ1n) is 9.14. The second-order valence-corrected chi connectivity index (χ2v) is 9.17. The molecule has 0 aromatic heterocycles. The van der Waals surface area contributed by atoms with Crippen LogP contribution < -0.4 is 4.90 Å². The maximum absolute atomic E-state index is 15.4. The summed E-state index contributed by atoms with van der Waals surface area (Å²) in [5.74, 6) is -4.40. The molecular formula is C20H18ClF2NO5S. The highest BCUT2D eigenvalue weighted by atomic mass is 35.7. The summed E-state index contributed by atoms with van der Waals surface area (Å²) in [5, 5.41) is 0. The van der Waals surface area contributed by atoms with Crippen LogP contribution in [0.25, 0.3) is 11.1 Å². The Morgan fingerprint density at radius 1 is 1.23 bits per heavy atom. The van der Waals surface area contributed by atoms with Gasteiger partial charge >= 0.3 is 5.97 Å². The number of carbonyl (C=O) groups is 2. The van der Waals surface area contributed by atoms with Crippen molar-refractivity contribution in [2.75, 3.05) is 18.1 Å². The van der Waals surface area contributed by atoms with Gasteiger partial charge in [0.15, 0.2) is 5.82 Å². The Kier molecular flexibility index (Phi) is 6.14. The highest BCUT2D eigenvalue weighted by molar-refractivity contribution is 8.13. The molecule has 0 radical (unpaired) electrons. The number of hydrogen-bond acceptors (Lipinski definition) is 5. The zero-order valence-corrected chi connectivity index (χ0v) is 17.7. The summed E-state index contributed by atoms with van der Waals surface area (Å²) < 4.78 is 58.0. The summed E-state index contributed by atoms with van der Waals surface area (Å²) in [6.07, 6.45) is -0.180. The fourth-order valence-electron chi connectivity index (χ4n) is 3.50. The van der Waals surface area contributed by atoms with E-state index < -0.39 is 44.0 Å². The molecule has 160 valence electrons. The number of fused-ring (bicyclic) bond motifs is 1. The van der Waals surface area contributed by atoms with Crippen molar-refractivity contribution in [3.8, 4) is 11.1 Å². The van der Waals surface area contributed by atoms with Crippen molar-refractivity contribution in [3.05, 3.63) is 47.5 Å². The van der Waals surface area contributed by atoms with Crippen molar-refractivity contribution in [2.24, 2.45) is 5.92 Å². The molecule has 30 heavy (non-hydrogen) atoms. The predicted molar refractivity (Wildman–Crippen MR) is 107 cm³/mol. The molecule has 6 nitrogen and oxygen atoms in total. The van der Waals surface area contributed by atoms with Gasteiger partial charge in [-0.2, -0.15) is 0 Å². The van der Waals surface area contributed by atoms with Crippen LogP contribution in [0.15, 0.2) is 35.2 Å². The number of nitrogens with zero attached hydrogens (tertiary/aromatic N) is 1. The SMILES string of the molecule is CCOC(=O)C1Cc2cc(F)c(-c3ccc(S(=O)(=O)Cl)cc3)c(F)c2N(CC)C1=O. The van der Waals surface area contributed by atoms with Crippen LogP contribution in [0.4, 0.5) is 14.5 Å². The molecular weight excluding hydrogens is 440 g/mol. The van der Waals surface area contributed by atoms with Gasteiger partial charge in [-0.25, -0.2) is 17.2 Å². The number of halogens is 3. The molecule has 2 aromatic rings. The topological polar surface area (TPSA) is 80.8 Å². The number of rotatable bonds is 5. The number of hydrogen-bond donors (Lipinski definition) is 0. The zero-order chi connectivity index (χ0) is 22.2. The molecule has 1 unspecified atom stereocenters. The van der Waals surface area contributed by atoms with Crippen LogP contribution in [0.3, 0.4) is 0 Å². The van der Waals surface area contributed by atoms with Gasteiger partial charge in [-0.05, 0) is 49.6 Å². The van der Waals surface area contributed by atoms with E-state index >= 15 is 4.39 Å². The predicted octanol–water partition coefficient (Wildman–Crippen LogP) is 3.65. The molecule has 0 aliphatic carbocycles. The first-order chi connectivity index (χ1) is 14.1. The Hall–Kier alpha value is -2.52. The molecule has 1 heterocycles. The summed E-state index contributed by atoms with van der Waals surface area (Å²) in [4.78, 5) is 25.8. The van der Waals surface area contributed by atoms with E-state index in [2.05, 4.69) is 0 Å². The molecule has 0 N–H and O–H groups in total. The molecule has 1 atom stereocenters. The van der Waals surface area contributed by atoms with Gasteiger partial charge in [0.2, 0.25) is 5.91 Å². The number of ether oxygens (including phenoxy) is 1. The van der Waals surface area contributed by atoms with Crippen LogP contribution >= 0.6 is 10.7 Å². The summed E-state index contributed by atoms with van der Waals surface area (Å²) in [5.41, 5.74) is -0.261. The lowest BCUT2D eigenvalue weighted by molar-refractivity contribution is -0.151. The quantitative estimate of drug-likeness (QED) is 0.389. The lowest BCUT2D eigenvalue weighted by Crippen LogP contribution is -2.45. The Balaban J connectivity index is 2.13. The second kappa shape index (κ2) is 8.31. The van der Waals surface area contributed by atoms with Gasteiger partial charge in [0.1, 0.15) is 11.7 Å². The normalized spacial score (nSPS) is 16.4. The van der Waals surface area contributed by atoms with Gasteiger partial charge in [-0.1, -0.05) is 12.1 Å². The number of esters is 1. The number of amides is 1. The van der Waals surface area contributed by atoms with Crippen molar-refractivity contribution in [1.82, 2.24) is 0 Å². The van der Waals surface area contributed by atoms with E-state index in [4.69, 9.17) is 15.4 Å². The number of carbonyl (C=O) groups excluding carboxylic acids is 2. The van der Waals surface area contributed by atoms with Crippen LogP contribution in [0, 0.1) is 17.6 Å². The van der Waals surface area contributed by atoms with Crippen LogP contribution in [-0.2, 0) is 29.8 Å². The molecule has 0 saturated carbocycles. The van der Waals surface area contributed by atoms with Gasteiger partial charge in [0.25, 0.3) is 9.05 Å². The minimum atomic E-state index is -3.99. The van der Waals surface area contributed by atoms with Crippen LogP contribution in [0.2, 0.25) is 0 Å². The van der Waals surface area contributed by atoms with Crippen LogP contribution in [0.5, 0.6) is 0 Å². The van der Waals surface area contributed by atoms with Gasteiger partial charge < -0.3 is 9.64 Å². The molecule has 1 aliphatic rings. The highest BCUT2D eigenvalue weighted by Crippen LogP contribution is 2.40. The average molecular weight is 458 g/mol. The summed E-state index contributed by atoms with van der Waals surface area (Å²) in [6.45, 7) is 3.35. The third kappa shape index (κ3) is 3.91.